The summed E-state index contributed by atoms with van der Waals surface area (Å²) in [6.07, 6.45) is 1.45. The molecule has 0 unspecified atom stereocenters. The predicted molar refractivity (Wildman–Crippen MR) is 80.7 cm³/mol. The number of nitrogens with one attached hydrogen (secondary N) is 1. The first-order valence-electron chi connectivity index (χ1n) is 6.58. The van der Waals surface area contributed by atoms with Crippen LogP contribution in [0, 0.1) is 5.82 Å². The van der Waals surface area contributed by atoms with Crippen molar-refractivity contribution in [3.8, 4) is 11.3 Å². The van der Waals surface area contributed by atoms with E-state index in [1.807, 2.05) is 20.8 Å². The number of nitrogens with zero attached hydrogens (tertiary/aromatic N) is 2. The van der Waals surface area contributed by atoms with Crippen molar-refractivity contribution >= 4 is 17.4 Å². The lowest BCUT2D eigenvalue weighted by atomic mass is 9.97. The van der Waals surface area contributed by atoms with E-state index in [9.17, 15) is 4.39 Å². The fraction of sp³-hybridized carbons (Fsp3) is 0.333. The molecular weight excluding hydrogens is 277 g/mol. The van der Waals surface area contributed by atoms with Gasteiger partial charge in [-0.1, -0.05) is 25.4 Å². The van der Waals surface area contributed by atoms with E-state index in [2.05, 4.69) is 15.3 Å². The molecule has 1 aromatic heterocycles. The highest BCUT2D eigenvalue weighted by Gasteiger charge is 2.18. The monoisotopic (exact) mass is 293 g/mol. The highest BCUT2D eigenvalue weighted by molar-refractivity contribution is 6.30. The van der Waals surface area contributed by atoms with Crippen LogP contribution in [-0.4, -0.2) is 16.5 Å². The highest BCUT2D eigenvalue weighted by atomic mass is 35.5. The fourth-order valence-electron chi connectivity index (χ4n) is 2.15. The molecule has 0 radical (unpaired) electrons. The Hall–Kier alpha value is -1.68. The van der Waals surface area contributed by atoms with Gasteiger partial charge in [-0.15, -0.1) is 0 Å². The predicted octanol–water partition coefficient (Wildman–Crippen LogP) is 4.49. The summed E-state index contributed by atoms with van der Waals surface area (Å²) in [6.45, 7) is 6.82. The molecule has 2 rings (SSSR count). The van der Waals surface area contributed by atoms with Gasteiger partial charge in [0.1, 0.15) is 18.0 Å². The van der Waals surface area contributed by atoms with Gasteiger partial charge in [0.05, 0.1) is 5.69 Å². The minimum absolute atomic E-state index is 0.176. The number of hydrogen-bond acceptors (Lipinski definition) is 3. The molecule has 5 heteroatoms. The standard InChI is InChI=1S/C15H17ClFN3/c1-4-18-15-13(9(2)3)14(19-8-20-15)11-6-5-10(16)7-12(11)17/h5-9H,4H2,1-3H3,(H,18,19,20). The fourth-order valence-corrected chi connectivity index (χ4v) is 2.31. The Kier molecular flexibility index (Phi) is 4.55. The Bertz CT molecular complexity index is 614. The quantitative estimate of drug-likeness (QED) is 0.902. The number of hydrogen-bond donors (Lipinski definition) is 1. The smallest absolute Gasteiger partial charge is 0.134 e. The van der Waals surface area contributed by atoms with Gasteiger partial charge < -0.3 is 5.32 Å². The Labute approximate surface area is 123 Å². The van der Waals surface area contributed by atoms with Crippen LogP contribution in [0.5, 0.6) is 0 Å². The summed E-state index contributed by atoms with van der Waals surface area (Å²) in [6, 6.07) is 4.62. The minimum atomic E-state index is -0.374. The van der Waals surface area contributed by atoms with Gasteiger partial charge in [-0.2, -0.15) is 0 Å². The molecule has 0 spiro atoms. The second kappa shape index (κ2) is 6.18. The third-order valence-corrected chi connectivity index (χ3v) is 3.23. The minimum Gasteiger partial charge on any atom is -0.370 e. The van der Waals surface area contributed by atoms with Gasteiger partial charge in [0.15, 0.2) is 0 Å². The Balaban J connectivity index is 2.64. The van der Waals surface area contributed by atoms with E-state index in [1.54, 1.807) is 12.1 Å². The first-order valence-corrected chi connectivity index (χ1v) is 6.96. The summed E-state index contributed by atoms with van der Waals surface area (Å²) < 4.78 is 14.1. The molecule has 106 valence electrons. The molecule has 0 saturated carbocycles. The Morgan fingerprint density at radius 3 is 2.65 bits per heavy atom. The average molecular weight is 294 g/mol. The first-order chi connectivity index (χ1) is 9.54. The van der Waals surface area contributed by atoms with Crippen molar-refractivity contribution in [2.75, 3.05) is 11.9 Å². The van der Waals surface area contributed by atoms with Crippen LogP contribution in [0.3, 0.4) is 0 Å². The van der Waals surface area contributed by atoms with Crippen molar-refractivity contribution in [2.24, 2.45) is 0 Å². The molecule has 1 N–H and O–H groups in total. The number of rotatable bonds is 4. The van der Waals surface area contributed by atoms with Crippen LogP contribution in [0.1, 0.15) is 32.3 Å². The van der Waals surface area contributed by atoms with Crippen LogP contribution < -0.4 is 5.32 Å². The van der Waals surface area contributed by atoms with Gasteiger partial charge >= 0.3 is 0 Å². The molecular formula is C15H17ClFN3. The molecule has 20 heavy (non-hydrogen) atoms. The van der Waals surface area contributed by atoms with Crippen molar-refractivity contribution in [1.29, 1.82) is 0 Å². The van der Waals surface area contributed by atoms with Crippen LogP contribution in [0.4, 0.5) is 10.2 Å². The topological polar surface area (TPSA) is 37.8 Å². The summed E-state index contributed by atoms with van der Waals surface area (Å²) in [7, 11) is 0. The maximum Gasteiger partial charge on any atom is 0.134 e. The van der Waals surface area contributed by atoms with E-state index >= 15 is 0 Å². The number of anilines is 1. The Morgan fingerprint density at radius 2 is 2.05 bits per heavy atom. The van der Waals surface area contributed by atoms with Crippen LogP contribution >= 0.6 is 11.6 Å². The summed E-state index contributed by atoms with van der Waals surface area (Å²) in [5, 5.41) is 3.57. The van der Waals surface area contributed by atoms with Crippen LogP contribution in [0.2, 0.25) is 5.02 Å². The van der Waals surface area contributed by atoms with E-state index in [4.69, 9.17) is 11.6 Å². The van der Waals surface area contributed by atoms with Gasteiger partial charge in [-0.3, -0.25) is 0 Å². The zero-order chi connectivity index (χ0) is 14.7. The van der Waals surface area contributed by atoms with Crippen LogP contribution in [0.25, 0.3) is 11.3 Å². The zero-order valence-corrected chi connectivity index (χ0v) is 12.5. The summed E-state index contributed by atoms with van der Waals surface area (Å²) in [4.78, 5) is 8.52. The van der Waals surface area contributed by atoms with E-state index in [1.165, 1.54) is 12.4 Å². The van der Waals surface area contributed by atoms with Gasteiger partial charge in [-0.25, -0.2) is 14.4 Å². The van der Waals surface area contributed by atoms with Gasteiger partial charge in [0.25, 0.3) is 0 Å². The number of benzene rings is 1. The van der Waals surface area contributed by atoms with Crippen LogP contribution in [-0.2, 0) is 0 Å². The molecule has 0 fully saturated rings. The van der Waals surface area contributed by atoms with Gasteiger partial charge in [-0.05, 0) is 31.0 Å². The van der Waals surface area contributed by atoms with E-state index in [0.29, 0.717) is 16.3 Å². The molecule has 0 bridgehead atoms. The van der Waals surface area contributed by atoms with E-state index in [-0.39, 0.29) is 11.7 Å². The van der Waals surface area contributed by atoms with Gasteiger partial charge in [0, 0.05) is 22.7 Å². The highest BCUT2D eigenvalue weighted by Crippen LogP contribution is 2.33. The van der Waals surface area contributed by atoms with Crippen LogP contribution in [0.15, 0.2) is 24.5 Å². The third-order valence-electron chi connectivity index (χ3n) is 2.99. The molecule has 0 aliphatic carbocycles. The van der Waals surface area contributed by atoms with Crippen molar-refractivity contribution in [2.45, 2.75) is 26.7 Å². The number of halogens is 2. The van der Waals surface area contributed by atoms with Crippen molar-refractivity contribution in [3.05, 3.63) is 40.9 Å². The number of aromatic nitrogens is 2. The van der Waals surface area contributed by atoms with Crippen molar-refractivity contribution in [3.63, 3.8) is 0 Å². The second-order valence-electron chi connectivity index (χ2n) is 4.79. The molecule has 0 amide bonds. The largest absolute Gasteiger partial charge is 0.370 e. The molecule has 0 saturated heterocycles. The third kappa shape index (κ3) is 2.90. The maximum atomic E-state index is 14.1. The SMILES string of the molecule is CCNc1ncnc(-c2ccc(Cl)cc2F)c1C(C)C. The molecule has 0 atom stereocenters. The lowest BCUT2D eigenvalue weighted by Crippen LogP contribution is -2.08. The van der Waals surface area contributed by atoms with E-state index < -0.39 is 0 Å². The van der Waals surface area contributed by atoms with Gasteiger partial charge in [0.2, 0.25) is 0 Å². The zero-order valence-electron chi connectivity index (χ0n) is 11.7. The molecule has 1 heterocycles. The lowest BCUT2D eigenvalue weighted by Gasteiger charge is -2.17. The summed E-state index contributed by atoms with van der Waals surface area (Å²) in [5.74, 6) is 0.553. The molecule has 2 aromatic rings. The maximum absolute atomic E-state index is 14.1. The first kappa shape index (κ1) is 14.7. The lowest BCUT2D eigenvalue weighted by molar-refractivity contribution is 0.630. The molecule has 1 aromatic carbocycles. The van der Waals surface area contributed by atoms with Crippen molar-refractivity contribution < 1.29 is 4.39 Å². The summed E-state index contributed by atoms with van der Waals surface area (Å²) in [5.41, 5.74) is 1.97. The molecule has 3 nitrogen and oxygen atoms in total. The van der Waals surface area contributed by atoms with Crippen molar-refractivity contribution in [1.82, 2.24) is 9.97 Å². The normalized spacial score (nSPS) is 10.9. The second-order valence-corrected chi connectivity index (χ2v) is 5.23. The Morgan fingerprint density at radius 1 is 1.30 bits per heavy atom. The summed E-state index contributed by atoms with van der Waals surface area (Å²) >= 11 is 5.80. The molecule has 0 aliphatic rings. The van der Waals surface area contributed by atoms with E-state index in [0.717, 1.165) is 17.9 Å². The average Bonchev–Trinajstić information content (AvgIpc) is 2.38. The molecule has 0 aliphatic heterocycles.